The van der Waals surface area contributed by atoms with E-state index in [0.29, 0.717) is 54.1 Å². The van der Waals surface area contributed by atoms with Crippen LogP contribution in [0.4, 0.5) is 0 Å². The first kappa shape index (κ1) is 23.1. The number of carbonyl (C=O) groups excluding carboxylic acids is 2. The first-order valence-electron chi connectivity index (χ1n) is 12.3. The van der Waals surface area contributed by atoms with Gasteiger partial charge in [0.2, 0.25) is 0 Å². The van der Waals surface area contributed by atoms with Gasteiger partial charge in [-0.25, -0.2) is 9.97 Å². The van der Waals surface area contributed by atoms with E-state index in [1.165, 1.54) is 0 Å². The van der Waals surface area contributed by atoms with E-state index in [1.54, 1.807) is 30.6 Å². The summed E-state index contributed by atoms with van der Waals surface area (Å²) in [6, 6.07) is 5.19. The van der Waals surface area contributed by atoms with Gasteiger partial charge in [0, 0.05) is 43.0 Å². The van der Waals surface area contributed by atoms with Crippen molar-refractivity contribution in [3.8, 4) is 5.75 Å². The lowest BCUT2D eigenvalue weighted by atomic mass is 9.74. The number of hydrogen-bond donors (Lipinski definition) is 1. The second-order valence-electron chi connectivity index (χ2n) is 9.88. The molecule has 2 aliphatic heterocycles. The average molecular weight is 483 g/mol. The number of likely N-dealkylation sites (tertiary alicyclic amines) is 1. The minimum Gasteiger partial charge on any atom is -0.493 e. The summed E-state index contributed by atoms with van der Waals surface area (Å²) in [4.78, 5) is 36.8. The van der Waals surface area contributed by atoms with Crippen molar-refractivity contribution in [1.29, 1.82) is 0 Å². The molecule has 1 N–H and O–H groups in total. The normalized spacial score (nSPS) is 21.0. The minimum atomic E-state index is -0.163. The number of benzene rings is 1. The molecule has 1 saturated heterocycles. The SMILES string of the molecule is O=C1NCC2(CCCCCOc3ccc(Cl)cc31)CCN(C(=O)c1cnc(C3CC3)nc1)CC2. The minimum absolute atomic E-state index is 0.00453. The molecule has 0 unspecified atom stereocenters. The molecule has 1 saturated carbocycles. The molecule has 3 heterocycles. The van der Waals surface area contributed by atoms with Crippen molar-refractivity contribution < 1.29 is 14.3 Å². The van der Waals surface area contributed by atoms with Crippen LogP contribution in [0.3, 0.4) is 0 Å². The number of nitrogens with zero attached hydrogens (tertiary/aromatic N) is 3. The van der Waals surface area contributed by atoms with Crippen LogP contribution in [0.5, 0.6) is 5.75 Å². The molecular formula is C26H31ClN4O3. The van der Waals surface area contributed by atoms with Gasteiger partial charge in [0.1, 0.15) is 11.6 Å². The fraction of sp³-hybridized carbons (Fsp3) is 0.538. The lowest BCUT2D eigenvalue weighted by molar-refractivity contribution is 0.0532. The predicted molar refractivity (Wildman–Crippen MR) is 129 cm³/mol. The summed E-state index contributed by atoms with van der Waals surface area (Å²) in [5.74, 6) is 1.74. The maximum absolute atomic E-state index is 13.0. The van der Waals surface area contributed by atoms with E-state index in [0.717, 1.165) is 57.2 Å². The Morgan fingerprint density at radius 3 is 2.59 bits per heavy atom. The third kappa shape index (κ3) is 5.19. The van der Waals surface area contributed by atoms with E-state index in [9.17, 15) is 9.59 Å². The Morgan fingerprint density at radius 2 is 1.85 bits per heavy atom. The van der Waals surface area contributed by atoms with Gasteiger partial charge in [-0.1, -0.05) is 24.4 Å². The van der Waals surface area contributed by atoms with Crippen LogP contribution >= 0.6 is 11.6 Å². The van der Waals surface area contributed by atoms with Gasteiger partial charge in [-0.3, -0.25) is 9.59 Å². The second kappa shape index (κ2) is 9.90. The monoisotopic (exact) mass is 482 g/mol. The molecule has 2 fully saturated rings. The van der Waals surface area contributed by atoms with E-state index in [-0.39, 0.29) is 17.2 Å². The highest BCUT2D eigenvalue weighted by Crippen LogP contribution is 2.39. The summed E-state index contributed by atoms with van der Waals surface area (Å²) in [6.07, 6.45) is 11.5. The zero-order chi connectivity index (χ0) is 23.5. The third-order valence-electron chi connectivity index (χ3n) is 7.39. The Hall–Kier alpha value is -2.67. The van der Waals surface area contributed by atoms with Crippen molar-refractivity contribution in [2.45, 2.75) is 57.3 Å². The Labute approximate surface area is 205 Å². The summed E-state index contributed by atoms with van der Waals surface area (Å²) < 4.78 is 5.86. The molecule has 2 amide bonds. The molecule has 1 aromatic carbocycles. The molecule has 5 rings (SSSR count). The van der Waals surface area contributed by atoms with Gasteiger partial charge in [0.05, 0.1) is 17.7 Å². The molecule has 2 aromatic rings. The highest BCUT2D eigenvalue weighted by Gasteiger charge is 2.36. The van der Waals surface area contributed by atoms with Crippen molar-refractivity contribution >= 4 is 23.4 Å². The number of fused-ring (bicyclic) bond motifs is 1. The summed E-state index contributed by atoms with van der Waals surface area (Å²) in [6.45, 7) is 2.51. The van der Waals surface area contributed by atoms with Crippen LogP contribution in [0.15, 0.2) is 30.6 Å². The molecule has 3 aliphatic rings. The number of rotatable bonds is 2. The fourth-order valence-corrected chi connectivity index (χ4v) is 5.18. The summed E-state index contributed by atoms with van der Waals surface area (Å²) in [5, 5.41) is 3.66. The van der Waals surface area contributed by atoms with Gasteiger partial charge in [-0.05, 0) is 62.1 Å². The molecule has 0 radical (unpaired) electrons. The number of aromatic nitrogens is 2. The zero-order valence-electron chi connectivity index (χ0n) is 19.4. The molecule has 0 atom stereocenters. The number of halogens is 1. The Balaban J connectivity index is 1.25. The first-order valence-corrected chi connectivity index (χ1v) is 12.7. The predicted octanol–water partition coefficient (Wildman–Crippen LogP) is 4.61. The lowest BCUT2D eigenvalue weighted by Crippen LogP contribution is -2.48. The molecule has 1 aliphatic carbocycles. The molecule has 180 valence electrons. The zero-order valence-corrected chi connectivity index (χ0v) is 20.1. The standard InChI is InChI=1S/C26H31ClN4O3/c27-20-6-7-22-21(14-20)24(32)30-17-26(8-2-1-3-13-34-22)9-11-31(12-10-26)25(33)19-15-28-23(29-16-19)18-4-5-18/h6-7,14-16,18H,1-5,8-13,17H2,(H,30,32). The molecule has 7 nitrogen and oxygen atoms in total. The van der Waals surface area contributed by atoms with E-state index < -0.39 is 0 Å². The van der Waals surface area contributed by atoms with Gasteiger partial charge in [-0.2, -0.15) is 0 Å². The van der Waals surface area contributed by atoms with Gasteiger partial charge in [0.25, 0.3) is 11.8 Å². The highest BCUT2D eigenvalue weighted by atomic mass is 35.5. The van der Waals surface area contributed by atoms with Gasteiger partial charge < -0.3 is 15.0 Å². The lowest BCUT2D eigenvalue weighted by Gasteiger charge is -2.42. The summed E-state index contributed by atoms with van der Waals surface area (Å²) >= 11 is 6.15. The quantitative estimate of drug-likeness (QED) is 0.675. The van der Waals surface area contributed by atoms with Crippen molar-refractivity contribution in [3.05, 3.63) is 52.6 Å². The fourth-order valence-electron chi connectivity index (χ4n) is 5.01. The van der Waals surface area contributed by atoms with Crippen molar-refractivity contribution in [1.82, 2.24) is 20.2 Å². The van der Waals surface area contributed by atoms with Gasteiger partial charge in [-0.15, -0.1) is 0 Å². The van der Waals surface area contributed by atoms with E-state index in [2.05, 4.69) is 15.3 Å². The van der Waals surface area contributed by atoms with Gasteiger partial charge in [0.15, 0.2) is 0 Å². The smallest absolute Gasteiger partial charge is 0.256 e. The van der Waals surface area contributed by atoms with Crippen LogP contribution in [0.1, 0.15) is 83.8 Å². The average Bonchev–Trinajstić information content (AvgIpc) is 3.71. The van der Waals surface area contributed by atoms with Crippen molar-refractivity contribution in [2.24, 2.45) is 5.41 Å². The van der Waals surface area contributed by atoms with Crippen LogP contribution in [0.2, 0.25) is 5.02 Å². The number of carbonyl (C=O) groups is 2. The molecule has 34 heavy (non-hydrogen) atoms. The number of ether oxygens (including phenoxy) is 1. The van der Waals surface area contributed by atoms with Gasteiger partial charge >= 0.3 is 0 Å². The van der Waals surface area contributed by atoms with Crippen molar-refractivity contribution in [2.75, 3.05) is 26.2 Å². The molecule has 0 bridgehead atoms. The molecule has 1 spiro atoms. The Morgan fingerprint density at radius 1 is 1.09 bits per heavy atom. The number of nitrogens with one attached hydrogen (secondary N) is 1. The van der Waals surface area contributed by atoms with Crippen LogP contribution in [-0.4, -0.2) is 52.9 Å². The third-order valence-corrected chi connectivity index (χ3v) is 7.63. The van der Waals surface area contributed by atoms with Crippen LogP contribution in [-0.2, 0) is 0 Å². The number of amides is 2. The Bertz CT molecular complexity index is 1050. The van der Waals surface area contributed by atoms with E-state index >= 15 is 0 Å². The van der Waals surface area contributed by atoms with Crippen LogP contribution < -0.4 is 10.1 Å². The van der Waals surface area contributed by atoms with Crippen LogP contribution in [0, 0.1) is 5.41 Å². The largest absolute Gasteiger partial charge is 0.493 e. The maximum atomic E-state index is 13.0. The number of piperidine rings is 1. The maximum Gasteiger partial charge on any atom is 0.256 e. The highest BCUT2D eigenvalue weighted by molar-refractivity contribution is 6.31. The molecule has 8 heteroatoms. The molecular weight excluding hydrogens is 452 g/mol. The van der Waals surface area contributed by atoms with E-state index in [4.69, 9.17) is 16.3 Å². The Kier molecular flexibility index (Phi) is 6.73. The van der Waals surface area contributed by atoms with E-state index in [1.807, 2.05) is 4.90 Å². The second-order valence-corrected chi connectivity index (χ2v) is 10.3. The molecule has 1 aromatic heterocycles. The van der Waals surface area contributed by atoms with Crippen molar-refractivity contribution in [3.63, 3.8) is 0 Å². The number of hydrogen-bond acceptors (Lipinski definition) is 5. The first-order chi connectivity index (χ1) is 16.5. The summed E-state index contributed by atoms with van der Waals surface area (Å²) in [5.41, 5.74) is 1.02. The van der Waals surface area contributed by atoms with Crippen LogP contribution in [0.25, 0.3) is 0 Å². The topological polar surface area (TPSA) is 84.4 Å². The summed E-state index contributed by atoms with van der Waals surface area (Å²) in [7, 11) is 0.